The lowest BCUT2D eigenvalue weighted by Gasteiger charge is -2.40. The molecule has 0 saturated carbocycles. The van der Waals surface area contributed by atoms with Crippen LogP contribution in [-0.4, -0.2) is 52.6 Å². The summed E-state index contributed by atoms with van der Waals surface area (Å²) in [5.41, 5.74) is 5.11. The molecule has 0 bridgehead atoms. The van der Waals surface area contributed by atoms with E-state index in [2.05, 4.69) is 16.5 Å². The number of nitrogens with two attached hydrogens (primary N) is 1. The normalized spacial score (nSPS) is 15.4. The van der Waals surface area contributed by atoms with Crippen molar-refractivity contribution < 1.29 is 31.9 Å². The number of piperidine rings is 1. The van der Waals surface area contributed by atoms with Crippen LogP contribution in [0, 0.1) is 17.1 Å². The minimum absolute atomic E-state index is 0.000167. The first-order valence-corrected chi connectivity index (χ1v) is 10.3. The Labute approximate surface area is 192 Å². The molecule has 3 rings (SSSR count). The van der Waals surface area contributed by atoms with Crippen molar-refractivity contribution in [3.05, 3.63) is 41.8 Å². The van der Waals surface area contributed by atoms with Crippen LogP contribution in [0.5, 0.6) is 0 Å². The van der Waals surface area contributed by atoms with E-state index in [1.165, 1.54) is 40.0 Å². The number of anilines is 2. The molecule has 1 saturated heterocycles. The van der Waals surface area contributed by atoms with Crippen LogP contribution in [0.4, 0.5) is 33.9 Å². The maximum Gasteiger partial charge on any atom is 0.409 e. The SMILES string of the molecule is N#CCC1(n2cc(C(N)=O)c(Nc3ccc(F)cc3)n2)CCN(C(=O)OCCC(F)(F)F)CC1. The van der Waals surface area contributed by atoms with Crippen molar-refractivity contribution in [1.82, 2.24) is 14.7 Å². The van der Waals surface area contributed by atoms with E-state index in [9.17, 15) is 32.4 Å². The van der Waals surface area contributed by atoms with E-state index >= 15 is 0 Å². The highest BCUT2D eigenvalue weighted by Crippen LogP contribution is 2.35. The fourth-order valence-electron chi connectivity index (χ4n) is 3.64. The van der Waals surface area contributed by atoms with Gasteiger partial charge in [-0.2, -0.15) is 23.5 Å². The van der Waals surface area contributed by atoms with E-state index in [4.69, 9.17) is 10.5 Å². The van der Waals surface area contributed by atoms with Gasteiger partial charge in [-0.15, -0.1) is 0 Å². The summed E-state index contributed by atoms with van der Waals surface area (Å²) >= 11 is 0. The average molecular weight is 482 g/mol. The molecule has 0 spiro atoms. The van der Waals surface area contributed by atoms with E-state index in [1.54, 1.807) is 0 Å². The molecule has 1 aliphatic rings. The number of alkyl halides is 3. The molecule has 0 atom stereocenters. The van der Waals surface area contributed by atoms with Crippen molar-refractivity contribution in [3.63, 3.8) is 0 Å². The molecule has 0 aliphatic carbocycles. The first-order chi connectivity index (χ1) is 16.0. The molecule has 182 valence electrons. The molecule has 34 heavy (non-hydrogen) atoms. The minimum atomic E-state index is -4.43. The zero-order chi connectivity index (χ0) is 24.9. The highest BCUT2D eigenvalue weighted by atomic mass is 19.4. The molecule has 0 unspecified atom stereocenters. The number of amides is 2. The Hall–Kier alpha value is -3.82. The molecule has 13 heteroatoms. The zero-order valence-corrected chi connectivity index (χ0v) is 17.9. The second-order valence-corrected chi connectivity index (χ2v) is 7.86. The Morgan fingerprint density at radius 2 is 1.88 bits per heavy atom. The number of nitrogens with one attached hydrogen (secondary N) is 1. The van der Waals surface area contributed by atoms with Gasteiger partial charge in [0.05, 0.1) is 24.4 Å². The zero-order valence-electron chi connectivity index (χ0n) is 17.9. The van der Waals surface area contributed by atoms with E-state index in [-0.39, 0.29) is 43.7 Å². The van der Waals surface area contributed by atoms with Gasteiger partial charge in [0.15, 0.2) is 5.82 Å². The lowest BCUT2D eigenvalue weighted by atomic mass is 9.85. The van der Waals surface area contributed by atoms with E-state index in [0.29, 0.717) is 5.69 Å². The monoisotopic (exact) mass is 482 g/mol. The molecule has 1 aliphatic heterocycles. The van der Waals surface area contributed by atoms with Crippen LogP contribution in [0.3, 0.4) is 0 Å². The van der Waals surface area contributed by atoms with Crippen LogP contribution in [0.25, 0.3) is 0 Å². The van der Waals surface area contributed by atoms with Crippen molar-refractivity contribution in [2.45, 2.75) is 37.4 Å². The van der Waals surface area contributed by atoms with Crippen molar-refractivity contribution in [3.8, 4) is 6.07 Å². The predicted molar refractivity (Wildman–Crippen MR) is 111 cm³/mol. The molecular formula is C21H22F4N6O3. The van der Waals surface area contributed by atoms with Gasteiger partial charge < -0.3 is 20.7 Å². The highest BCUT2D eigenvalue weighted by Gasteiger charge is 2.40. The number of nitrogens with zero attached hydrogens (tertiary/aromatic N) is 4. The van der Waals surface area contributed by atoms with Crippen LogP contribution >= 0.6 is 0 Å². The van der Waals surface area contributed by atoms with Crippen molar-refractivity contribution in [1.29, 1.82) is 5.26 Å². The third-order valence-electron chi connectivity index (χ3n) is 5.54. The van der Waals surface area contributed by atoms with Crippen LogP contribution in [0.1, 0.15) is 36.0 Å². The summed E-state index contributed by atoms with van der Waals surface area (Å²) in [6.07, 6.45) is -4.65. The summed E-state index contributed by atoms with van der Waals surface area (Å²) in [4.78, 5) is 25.4. The number of ether oxygens (including phenoxy) is 1. The summed E-state index contributed by atoms with van der Waals surface area (Å²) in [7, 11) is 0. The lowest BCUT2D eigenvalue weighted by molar-refractivity contribution is -0.141. The van der Waals surface area contributed by atoms with Gasteiger partial charge in [0.2, 0.25) is 0 Å². The Bertz CT molecular complexity index is 1070. The molecule has 1 fully saturated rings. The van der Waals surface area contributed by atoms with Gasteiger partial charge in [-0.3, -0.25) is 9.48 Å². The molecule has 2 heterocycles. The van der Waals surface area contributed by atoms with Crippen LogP contribution < -0.4 is 11.1 Å². The number of nitriles is 1. The largest absolute Gasteiger partial charge is 0.449 e. The second-order valence-electron chi connectivity index (χ2n) is 7.86. The van der Waals surface area contributed by atoms with Gasteiger partial charge in [0.25, 0.3) is 5.91 Å². The van der Waals surface area contributed by atoms with Crippen molar-refractivity contribution in [2.75, 3.05) is 25.0 Å². The number of halogens is 4. The van der Waals surface area contributed by atoms with Crippen molar-refractivity contribution >= 4 is 23.5 Å². The maximum absolute atomic E-state index is 13.2. The molecule has 1 aromatic carbocycles. The number of aromatic nitrogens is 2. The fraction of sp³-hybridized carbons (Fsp3) is 0.429. The number of hydrogen-bond donors (Lipinski definition) is 2. The standard InChI is InChI=1S/C21H22F4N6O3/c22-14-1-3-15(4-2-14)28-18-16(17(27)32)13-31(29-18)20(5-9-26)6-10-30(11-7-20)19(33)34-12-8-21(23,24)25/h1-4,13H,5-8,10-12H2,(H2,27,32)(H,28,29). The highest BCUT2D eigenvalue weighted by molar-refractivity contribution is 5.98. The minimum Gasteiger partial charge on any atom is -0.449 e. The molecule has 0 radical (unpaired) electrons. The maximum atomic E-state index is 13.2. The average Bonchev–Trinajstić information content (AvgIpc) is 3.20. The molecule has 1 aromatic heterocycles. The lowest BCUT2D eigenvalue weighted by Crippen LogP contribution is -2.48. The third-order valence-corrected chi connectivity index (χ3v) is 5.54. The topological polar surface area (TPSA) is 126 Å². The Kier molecular flexibility index (Phi) is 7.29. The number of primary amides is 1. The van der Waals surface area contributed by atoms with Gasteiger partial charge in [-0.25, -0.2) is 9.18 Å². The second kappa shape index (κ2) is 9.98. The van der Waals surface area contributed by atoms with Gasteiger partial charge in [-0.05, 0) is 37.1 Å². The van der Waals surface area contributed by atoms with E-state index in [0.717, 1.165) is 0 Å². The molecular weight excluding hydrogens is 460 g/mol. The fourth-order valence-corrected chi connectivity index (χ4v) is 3.64. The van der Waals surface area contributed by atoms with Gasteiger partial charge >= 0.3 is 12.3 Å². The first kappa shape index (κ1) is 24.8. The van der Waals surface area contributed by atoms with Gasteiger partial charge in [-0.1, -0.05) is 0 Å². The van der Waals surface area contributed by atoms with Crippen LogP contribution in [-0.2, 0) is 10.3 Å². The predicted octanol–water partition coefficient (Wildman–Crippen LogP) is 3.66. The summed E-state index contributed by atoms with van der Waals surface area (Å²) in [6, 6.07) is 7.44. The third kappa shape index (κ3) is 5.94. The van der Waals surface area contributed by atoms with E-state index in [1.807, 2.05) is 0 Å². The van der Waals surface area contributed by atoms with Gasteiger partial charge in [0, 0.05) is 25.0 Å². The summed E-state index contributed by atoms with van der Waals surface area (Å²) in [5, 5.41) is 16.7. The Balaban J connectivity index is 1.76. The number of carbonyl (C=O) groups excluding carboxylic acids is 2. The number of rotatable bonds is 7. The molecule has 2 aromatic rings. The number of hydrogen-bond acceptors (Lipinski definition) is 6. The number of likely N-dealkylation sites (tertiary alicyclic amines) is 1. The van der Waals surface area contributed by atoms with Crippen molar-refractivity contribution in [2.24, 2.45) is 5.73 Å². The Morgan fingerprint density at radius 1 is 1.24 bits per heavy atom. The van der Waals surface area contributed by atoms with Gasteiger partial charge in [0.1, 0.15) is 18.0 Å². The summed E-state index contributed by atoms with van der Waals surface area (Å²) < 4.78 is 56.1. The quantitative estimate of drug-likeness (QED) is 0.580. The molecule has 3 N–H and O–H groups in total. The van der Waals surface area contributed by atoms with Crippen LogP contribution in [0.15, 0.2) is 30.5 Å². The summed E-state index contributed by atoms with van der Waals surface area (Å²) in [5.74, 6) is -1.10. The Morgan fingerprint density at radius 3 is 2.44 bits per heavy atom. The van der Waals surface area contributed by atoms with E-state index < -0.39 is 42.6 Å². The van der Waals surface area contributed by atoms with Crippen LogP contribution in [0.2, 0.25) is 0 Å². The number of carbonyl (C=O) groups is 2. The molecule has 9 nitrogen and oxygen atoms in total. The summed E-state index contributed by atoms with van der Waals surface area (Å²) in [6.45, 7) is -0.556. The number of benzene rings is 1. The smallest absolute Gasteiger partial charge is 0.409 e. The first-order valence-electron chi connectivity index (χ1n) is 10.3. The molecule has 2 amide bonds.